The van der Waals surface area contributed by atoms with Gasteiger partial charge in [0, 0.05) is 17.7 Å². The molecule has 0 aromatic heterocycles. The van der Waals surface area contributed by atoms with Crippen LogP contribution in [0.5, 0.6) is 28.7 Å². The molecule has 0 bridgehead atoms. The van der Waals surface area contributed by atoms with Crippen molar-refractivity contribution < 1.29 is 29.6 Å². The molecule has 6 heteroatoms. The van der Waals surface area contributed by atoms with E-state index in [1.54, 1.807) is 6.07 Å². The molecule has 6 nitrogen and oxygen atoms in total. The normalized spacial score (nSPS) is 20.8. The van der Waals surface area contributed by atoms with E-state index < -0.39 is 17.6 Å². The molecule has 162 valence electrons. The van der Waals surface area contributed by atoms with Crippen LogP contribution in [0.1, 0.15) is 61.7 Å². The molecular weight excluding hydrogens is 396 g/mol. The van der Waals surface area contributed by atoms with Crippen LogP contribution >= 0.6 is 0 Å². The fraction of sp³-hybridized carbons (Fsp3) is 0.320. The van der Waals surface area contributed by atoms with E-state index >= 15 is 0 Å². The summed E-state index contributed by atoms with van der Waals surface area (Å²) in [4.78, 5) is 13.6. The molecule has 3 N–H and O–H groups in total. The Labute approximate surface area is 181 Å². The topological polar surface area (TPSA) is 96.2 Å². The number of ether oxygens (including phenoxy) is 2. The number of phenols is 3. The van der Waals surface area contributed by atoms with Crippen LogP contribution in [0.4, 0.5) is 0 Å². The number of ketones is 1. The van der Waals surface area contributed by atoms with E-state index in [0.29, 0.717) is 23.3 Å². The minimum atomic E-state index is -0.801. The first-order chi connectivity index (χ1) is 14.6. The summed E-state index contributed by atoms with van der Waals surface area (Å²) in [6.45, 7) is 7.66. The maximum atomic E-state index is 13.6. The van der Waals surface area contributed by atoms with Gasteiger partial charge in [0.05, 0.1) is 11.5 Å². The highest BCUT2D eigenvalue weighted by Gasteiger charge is 2.42. The van der Waals surface area contributed by atoms with E-state index in [0.717, 1.165) is 5.57 Å². The summed E-state index contributed by atoms with van der Waals surface area (Å²) in [6, 6.07) is 5.67. The number of hydrogen-bond donors (Lipinski definition) is 3. The molecule has 0 aliphatic carbocycles. The van der Waals surface area contributed by atoms with Crippen LogP contribution in [0.25, 0.3) is 6.08 Å². The van der Waals surface area contributed by atoms with Gasteiger partial charge in [-0.05, 0) is 58.4 Å². The van der Waals surface area contributed by atoms with Gasteiger partial charge in [-0.25, -0.2) is 0 Å². The number of fused-ring (bicyclic) bond motifs is 3. The number of carbonyl (C=O) groups is 1. The third-order valence-electron chi connectivity index (χ3n) is 5.58. The lowest BCUT2D eigenvalue weighted by molar-refractivity contribution is 0.0644. The number of hydrogen-bond acceptors (Lipinski definition) is 6. The van der Waals surface area contributed by atoms with Crippen LogP contribution in [0.15, 0.2) is 42.0 Å². The number of aromatic hydroxyl groups is 3. The first-order valence-corrected chi connectivity index (χ1v) is 10.2. The van der Waals surface area contributed by atoms with E-state index in [9.17, 15) is 20.1 Å². The molecule has 0 spiro atoms. The molecule has 0 radical (unpaired) electrons. The molecule has 2 atom stereocenters. The number of rotatable bonds is 3. The lowest BCUT2D eigenvalue weighted by Crippen LogP contribution is -2.33. The van der Waals surface area contributed by atoms with E-state index in [4.69, 9.17) is 9.47 Å². The fourth-order valence-corrected chi connectivity index (χ4v) is 4.02. The number of carbonyl (C=O) groups excluding carboxylic acids is 1. The van der Waals surface area contributed by atoms with Gasteiger partial charge in [-0.3, -0.25) is 4.79 Å². The van der Waals surface area contributed by atoms with E-state index in [1.807, 2.05) is 45.9 Å². The zero-order valence-corrected chi connectivity index (χ0v) is 18.0. The minimum absolute atomic E-state index is 0.0850. The predicted octanol–water partition coefficient (Wildman–Crippen LogP) is 5.28. The zero-order chi connectivity index (χ0) is 22.5. The molecule has 0 amide bonds. The SMILES string of the molecule is CC(C)=CCC1C(=O)c2c(O)cc3c(c2OC1c1ccc(O)cc1O)C=CC(C)(C)O3. The van der Waals surface area contributed by atoms with Gasteiger partial charge in [0.25, 0.3) is 0 Å². The molecule has 0 saturated carbocycles. The van der Waals surface area contributed by atoms with Crippen molar-refractivity contribution in [3.05, 3.63) is 58.7 Å². The Morgan fingerprint density at radius 2 is 1.87 bits per heavy atom. The first kappa shape index (κ1) is 20.8. The predicted molar refractivity (Wildman–Crippen MR) is 117 cm³/mol. The van der Waals surface area contributed by atoms with Crippen molar-refractivity contribution >= 4 is 11.9 Å². The van der Waals surface area contributed by atoms with Crippen molar-refractivity contribution in [2.75, 3.05) is 0 Å². The van der Waals surface area contributed by atoms with Gasteiger partial charge in [-0.1, -0.05) is 11.6 Å². The van der Waals surface area contributed by atoms with Crippen LogP contribution in [-0.2, 0) is 0 Å². The van der Waals surface area contributed by atoms with Gasteiger partial charge in [0.1, 0.15) is 46.0 Å². The van der Waals surface area contributed by atoms with Gasteiger partial charge in [-0.2, -0.15) is 0 Å². The Hall–Kier alpha value is -3.41. The van der Waals surface area contributed by atoms with Crippen LogP contribution < -0.4 is 9.47 Å². The molecule has 2 aliphatic heterocycles. The molecule has 2 heterocycles. The maximum absolute atomic E-state index is 13.6. The van der Waals surface area contributed by atoms with Gasteiger partial charge in [0.2, 0.25) is 0 Å². The summed E-state index contributed by atoms with van der Waals surface area (Å²) < 4.78 is 12.3. The third kappa shape index (κ3) is 3.74. The minimum Gasteiger partial charge on any atom is -0.508 e. The Morgan fingerprint density at radius 3 is 2.55 bits per heavy atom. The summed E-state index contributed by atoms with van der Waals surface area (Å²) in [6.07, 6.45) is 5.20. The third-order valence-corrected chi connectivity index (χ3v) is 5.58. The van der Waals surface area contributed by atoms with Crippen molar-refractivity contribution in [2.45, 2.75) is 45.8 Å². The van der Waals surface area contributed by atoms with Crippen molar-refractivity contribution in [3.63, 3.8) is 0 Å². The van der Waals surface area contributed by atoms with Gasteiger partial charge in [-0.15, -0.1) is 0 Å². The average molecular weight is 422 g/mol. The van der Waals surface area contributed by atoms with Crippen molar-refractivity contribution in [1.29, 1.82) is 0 Å². The standard InChI is InChI=1S/C25H26O6/c1-13(2)5-7-17-22(29)21-19(28)12-20-16(9-10-25(3,4)31-20)24(21)30-23(17)15-8-6-14(26)11-18(15)27/h5-6,8-12,17,23,26-28H,7H2,1-4H3. The molecule has 4 rings (SSSR count). The molecule has 2 aromatic carbocycles. The number of allylic oxidation sites excluding steroid dienone is 2. The maximum Gasteiger partial charge on any atom is 0.177 e. The molecule has 2 unspecified atom stereocenters. The van der Waals surface area contributed by atoms with E-state index in [1.165, 1.54) is 18.2 Å². The summed E-state index contributed by atoms with van der Waals surface area (Å²) in [5.74, 6) is -0.712. The smallest absolute Gasteiger partial charge is 0.177 e. The monoisotopic (exact) mass is 422 g/mol. The fourth-order valence-electron chi connectivity index (χ4n) is 4.02. The largest absolute Gasteiger partial charge is 0.508 e. The second-order valence-corrected chi connectivity index (χ2v) is 8.82. The van der Waals surface area contributed by atoms with Gasteiger partial charge in [0.15, 0.2) is 5.78 Å². The van der Waals surface area contributed by atoms with Gasteiger partial charge >= 0.3 is 0 Å². The average Bonchev–Trinajstić information content (AvgIpc) is 2.65. The highest BCUT2D eigenvalue weighted by atomic mass is 16.5. The molecule has 0 fully saturated rings. The number of benzene rings is 2. The van der Waals surface area contributed by atoms with E-state index in [-0.39, 0.29) is 34.3 Å². The molecule has 2 aliphatic rings. The van der Waals surface area contributed by atoms with Crippen LogP contribution in [0.3, 0.4) is 0 Å². The quantitative estimate of drug-likeness (QED) is 0.583. The van der Waals surface area contributed by atoms with Crippen LogP contribution in [0.2, 0.25) is 0 Å². The number of Topliss-reactive ketones (excluding diaryl/α,β-unsaturated/α-hetero) is 1. The lowest BCUT2D eigenvalue weighted by Gasteiger charge is -2.36. The Bertz CT molecular complexity index is 1120. The zero-order valence-electron chi connectivity index (χ0n) is 18.0. The van der Waals surface area contributed by atoms with Crippen molar-refractivity contribution in [1.82, 2.24) is 0 Å². The van der Waals surface area contributed by atoms with Crippen molar-refractivity contribution in [3.8, 4) is 28.7 Å². The Morgan fingerprint density at radius 1 is 1.13 bits per heavy atom. The lowest BCUT2D eigenvalue weighted by atomic mass is 9.81. The molecular formula is C25H26O6. The van der Waals surface area contributed by atoms with E-state index in [2.05, 4.69) is 0 Å². The highest BCUT2D eigenvalue weighted by molar-refractivity contribution is 6.06. The molecule has 2 aromatic rings. The second-order valence-electron chi connectivity index (χ2n) is 8.82. The molecule has 0 saturated heterocycles. The summed E-state index contributed by atoms with van der Waals surface area (Å²) in [5.41, 5.74) is 1.56. The second kappa shape index (κ2) is 7.38. The Balaban J connectivity index is 1.89. The van der Waals surface area contributed by atoms with Crippen LogP contribution in [-0.4, -0.2) is 26.7 Å². The summed E-state index contributed by atoms with van der Waals surface area (Å²) >= 11 is 0. The van der Waals surface area contributed by atoms with Crippen molar-refractivity contribution in [2.24, 2.45) is 5.92 Å². The first-order valence-electron chi connectivity index (χ1n) is 10.2. The number of phenolic OH excluding ortho intramolecular Hbond substituents is 3. The summed E-state index contributed by atoms with van der Waals surface area (Å²) in [7, 11) is 0. The summed E-state index contributed by atoms with van der Waals surface area (Å²) in [5, 5.41) is 30.9. The van der Waals surface area contributed by atoms with Gasteiger partial charge < -0.3 is 24.8 Å². The van der Waals surface area contributed by atoms with Crippen LogP contribution in [0, 0.1) is 5.92 Å². The molecule has 31 heavy (non-hydrogen) atoms. The Kier molecular flexibility index (Phi) is 4.96. The highest BCUT2D eigenvalue weighted by Crippen LogP contribution is 2.51.